The van der Waals surface area contributed by atoms with E-state index in [2.05, 4.69) is 30.3 Å². The molecule has 92 valence electrons. The Morgan fingerprint density at radius 3 is 2.17 bits per heavy atom. The van der Waals surface area contributed by atoms with Crippen molar-refractivity contribution in [3.05, 3.63) is 60.2 Å². The highest BCUT2D eigenvalue weighted by atomic mass is 16.3. The van der Waals surface area contributed by atoms with Crippen molar-refractivity contribution in [2.45, 2.75) is 31.3 Å². The summed E-state index contributed by atoms with van der Waals surface area (Å²) in [6, 6.07) is 18.7. The highest BCUT2D eigenvalue weighted by Crippen LogP contribution is 2.39. The van der Waals surface area contributed by atoms with Crippen LogP contribution < -0.4 is 0 Å². The van der Waals surface area contributed by atoms with Gasteiger partial charge in [-0.15, -0.1) is 0 Å². The largest absolute Gasteiger partial charge is 0.385 e. The molecule has 1 nitrogen and oxygen atoms in total. The fourth-order valence-electron chi connectivity index (χ4n) is 2.87. The average Bonchev–Trinajstić information content (AvgIpc) is 2.88. The smallest absolute Gasteiger partial charge is 0.0896 e. The summed E-state index contributed by atoms with van der Waals surface area (Å²) >= 11 is 0. The maximum absolute atomic E-state index is 10.6. The first kappa shape index (κ1) is 11.5. The molecule has 0 aromatic heterocycles. The van der Waals surface area contributed by atoms with Gasteiger partial charge in [0.25, 0.3) is 0 Å². The van der Waals surface area contributed by atoms with Crippen LogP contribution in [-0.4, -0.2) is 5.11 Å². The average molecular weight is 238 g/mol. The molecule has 0 atom stereocenters. The van der Waals surface area contributed by atoms with E-state index in [-0.39, 0.29) is 0 Å². The number of hydrogen-bond acceptors (Lipinski definition) is 1. The zero-order valence-electron chi connectivity index (χ0n) is 10.5. The molecule has 0 radical (unpaired) electrons. The van der Waals surface area contributed by atoms with Crippen LogP contribution in [-0.2, 0) is 5.60 Å². The molecule has 3 rings (SSSR count). The van der Waals surface area contributed by atoms with Crippen molar-refractivity contribution in [2.75, 3.05) is 0 Å². The number of aliphatic hydroxyl groups is 1. The fraction of sp³-hybridized carbons (Fsp3) is 0.294. The van der Waals surface area contributed by atoms with Crippen molar-refractivity contribution >= 4 is 0 Å². The molecule has 18 heavy (non-hydrogen) atoms. The first-order chi connectivity index (χ1) is 8.78. The van der Waals surface area contributed by atoms with Gasteiger partial charge in [-0.3, -0.25) is 0 Å². The van der Waals surface area contributed by atoms with Crippen molar-refractivity contribution in [3.63, 3.8) is 0 Å². The summed E-state index contributed by atoms with van der Waals surface area (Å²) < 4.78 is 0. The van der Waals surface area contributed by atoms with E-state index in [9.17, 15) is 5.11 Å². The Hall–Kier alpha value is -1.60. The second-order valence-electron chi connectivity index (χ2n) is 5.19. The highest BCUT2D eigenvalue weighted by Gasteiger charge is 2.32. The van der Waals surface area contributed by atoms with E-state index in [0.717, 1.165) is 31.2 Å². The minimum absolute atomic E-state index is 0.592. The van der Waals surface area contributed by atoms with Gasteiger partial charge in [-0.2, -0.15) is 0 Å². The molecule has 1 heteroatoms. The number of hydrogen-bond donors (Lipinski definition) is 1. The van der Waals surface area contributed by atoms with Crippen LogP contribution in [0.2, 0.25) is 0 Å². The maximum Gasteiger partial charge on any atom is 0.0896 e. The standard InChI is InChI=1S/C17H18O/c18-17(11-4-5-12-17)16-10-6-9-15(13-16)14-7-2-1-3-8-14/h1-3,6-10,13,18H,4-5,11-12H2. The van der Waals surface area contributed by atoms with Gasteiger partial charge in [0.15, 0.2) is 0 Å². The predicted molar refractivity (Wildman–Crippen MR) is 74.2 cm³/mol. The molecule has 0 heterocycles. The van der Waals surface area contributed by atoms with Gasteiger partial charge < -0.3 is 5.11 Å². The SMILES string of the molecule is OC1(c2cccc(-c3ccccc3)c2)CCCC1. The Morgan fingerprint density at radius 1 is 0.778 bits per heavy atom. The second-order valence-corrected chi connectivity index (χ2v) is 5.19. The summed E-state index contributed by atoms with van der Waals surface area (Å²) in [5.41, 5.74) is 2.88. The van der Waals surface area contributed by atoms with E-state index in [1.165, 1.54) is 11.1 Å². The molecule has 1 fully saturated rings. The molecule has 0 unspecified atom stereocenters. The van der Waals surface area contributed by atoms with Crippen LogP contribution >= 0.6 is 0 Å². The van der Waals surface area contributed by atoms with Gasteiger partial charge in [-0.25, -0.2) is 0 Å². The topological polar surface area (TPSA) is 20.2 Å². The molecule has 2 aromatic carbocycles. The predicted octanol–water partition coefficient (Wildman–Crippen LogP) is 4.12. The Morgan fingerprint density at radius 2 is 1.44 bits per heavy atom. The third kappa shape index (κ3) is 2.06. The molecule has 0 spiro atoms. The van der Waals surface area contributed by atoms with Gasteiger partial charge in [0.2, 0.25) is 0 Å². The second kappa shape index (κ2) is 4.58. The maximum atomic E-state index is 10.6. The molecular weight excluding hydrogens is 220 g/mol. The Labute approximate surface area is 108 Å². The highest BCUT2D eigenvalue weighted by molar-refractivity contribution is 5.64. The van der Waals surface area contributed by atoms with Crippen LogP contribution in [0.25, 0.3) is 11.1 Å². The number of rotatable bonds is 2. The normalized spacial score (nSPS) is 17.8. The molecular formula is C17H18O. The van der Waals surface area contributed by atoms with Crippen LogP contribution in [0.15, 0.2) is 54.6 Å². The minimum atomic E-state index is -0.592. The lowest BCUT2D eigenvalue weighted by atomic mass is 9.90. The van der Waals surface area contributed by atoms with Gasteiger partial charge in [-0.1, -0.05) is 61.4 Å². The van der Waals surface area contributed by atoms with Gasteiger partial charge in [0, 0.05) is 0 Å². The van der Waals surface area contributed by atoms with Crippen LogP contribution in [0.5, 0.6) is 0 Å². The lowest BCUT2D eigenvalue weighted by molar-refractivity contribution is 0.0445. The van der Waals surface area contributed by atoms with Gasteiger partial charge in [0.1, 0.15) is 0 Å². The zero-order valence-corrected chi connectivity index (χ0v) is 10.5. The molecule has 2 aromatic rings. The molecule has 0 bridgehead atoms. The van der Waals surface area contributed by atoms with E-state index in [1.54, 1.807) is 0 Å². The Kier molecular flexibility index (Phi) is 2.92. The zero-order chi connectivity index (χ0) is 12.4. The summed E-state index contributed by atoms with van der Waals surface area (Å²) in [5.74, 6) is 0. The summed E-state index contributed by atoms with van der Waals surface area (Å²) in [6.07, 6.45) is 4.05. The van der Waals surface area contributed by atoms with Crippen molar-refractivity contribution in [1.29, 1.82) is 0 Å². The third-order valence-electron chi connectivity index (χ3n) is 3.94. The third-order valence-corrected chi connectivity index (χ3v) is 3.94. The van der Waals surface area contributed by atoms with Crippen LogP contribution in [0.3, 0.4) is 0 Å². The van der Waals surface area contributed by atoms with Gasteiger partial charge in [0.05, 0.1) is 5.60 Å². The molecule has 1 saturated carbocycles. The number of benzene rings is 2. The van der Waals surface area contributed by atoms with E-state index in [4.69, 9.17) is 0 Å². The summed E-state index contributed by atoms with van der Waals surface area (Å²) in [7, 11) is 0. The molecule has 0 aliphatic heterocycles. The van der Waals surface area contributed by atoms with Crippen molar-refractivity contribution < 1.29 is 5.11 Å². The van der Waals surface area contributed by atoms with Gasteiger partial charge >= 0.3 is 0 Å². The molecule has 1 aliphatic rings. The quantitative estimate of drug-likeness (QED) is 0.834. The molecule has 0 amide bonds. The first-order valence-electron chi connectivity index (χ1n) is 6.66. The molecule has 1 N–H and O–H groups in total. The van der Waals surface area contributed by atoms with Crippen LogP contribution in [0.4, 0.5) is 0 Å². The Balaban J connectivity index is 1.99. The summed E-state index contributed by atoms with van der Waals surface area (Å²) in [4.78, 5) is 0. The van der Waals surface area contributed by atoms with Crippen molar-refractivity contribution in [1.82, 2.24) is 0 Å². The van der Waals surface area contributed by atoms with E-state index >= 15 is 0 Å². The fourth-order valence-corrected chi connectivity index (χ4v) is 2.87. The van der Waals surface area contributed by atoms with Crippen molar-refractivity contribution in [3.8, 4) is 11.1 Å². The van der Waals surface area contributed by atoms with Gasteiger partial charge in [-0.05, 0) is 35.6 Å². The van der Waals surface area contributed by atoms with E-state index in [0.29, 0.717) is 0 Å². The summed E-state index contributed by atoms with van der Waals surface area (Å²) in [6.45, 7) is 0. The molecule has 1 aliphatic carbocycles. The summed E-state index contributed by atoms with van der Waals surface area (Å²) in [5, 5.41) is 10.6. The van der Waals surface area contributed by atoms with Crippen LogP contribution in [0, 0.1) is 0 Å². The first-order valence-corrected chi connectivity index (χ1v) is 6.66. The lowest BCUT2D eigenvalue weighted by Crippen LogP contribution is -2.20. The monoisotopic (exact) mass is 238 g/mol. The van der Waals surface area contributed by atoms with Crippen LogP contribution in [0.1, 0.15) is 31.2 Å². The van der Waals surface area contributed by atoms with Crippen molar-refractivity contribution in [2.24, 2.45) is 0 Å². The minimum Gasteiger partial charge on any atom is -0.385 e. The lowest BCUT2D eigenvalue weighted by Gasteiger charge is -2.23. The Bertz CT molecular complexity index is 524. The van der Waals surface area contributed by atoms with E-state index < -0.39 is 5.60 Å². The molecule has 0 saturated heterocycles. The van der Waals surface area contributed by atoms with E-state index in [1.807, 2.05) is 24.3 Å².